The molecule has 1 aromatic rings. The maximum atomic E-state index is 6.19. The number of ether oxygens (including phenoxy) is 2. The molecule has 4 heteroatoms. The van der Waals surface area contributed by atoms with Crippen molar-refractivity contribution in [1.82, 2.24) is 0 Å². The van der Waals surface area contributed by atoms with Crippen molar-refractivity contribution in [2.24, 2.45) is 5.92 Å². The van der Waals surface area contributed by atoms with E-state index in [1.807, 2.05) is 24.3 Å². The molecule has 0 aliphatic carbocycles. The summed E-state index contributed by atoms with van der Waals surface area (Å²) in [5.74, 6) is 0.544. The first-order valence-corrected chi connectivity index (χ1v) is 7.71. The summed E-state index contributed by atoms with van der Waals surface area (Å²) in [7, 11) is 0. The average molecular weight is 367 g/mol. The lowest BCUT2D eigenvalue weighted by Crippen LogP contribution is -2.14. The monoisotopic (exact) mass is 366 g/mol. The van der Waals surface area contributed by atoms with Crippen molar-refractivity contribution < 1.29 is 9.47 Å². The van der Waals surface area contributed by atoms with E-state index in [1.165, 1.54) is 0 Å². The van der Waals surface area contributed by atoms with Gasteiger partial charge in [-0.3, -0.25) is 0 Å². The van der Waals surface area contributed by atoms with Gasteiger partial charge >= 0.3 is 0 Å². The molecule has 0 amide bonds. The lowest BCUT2D eigenvalue weighted by Gasteiger charge is -2.19. The highest BCUT2D eigenvalue weighted by Crippen LogP contribution is 2.28. The Morgan fingerprint density at radius 2 is 2.29 bits per heavy atom. The average Bonchev–Trinajstić information content (AvgIpc) is 2.85. The topological polar surface area (TPSA) is 18.5 Å². The van der Waals surface area contributed by atoms with Crippen LogP contribution >= 0.6 is 34.2 Å². The third kappa shape index (κ3) is 3.81. The minimum atomic E-state index is 0.0879. The minimum absolute atomic E-state index is 0.0879. The van der Waals surface area contributed by atoms with Crippen LogP contribution in [0.2, 0.25) is 5.02 Å². The molecular weight excluding hydrogens is 350 g/mol. The van der Waals surface area contributed by atoms with Gasteiger partial charge in [0.15, 0.2) is 0 Å². The molecule has 1 fully saturated rings. The number of benzene rings is 1. The zero-order chi connectivity index (χ0) is 12.1. The van der Waals surface area contributed by atoms with Crippen LogP contribution in [0.5, 0.6) is 0 Å². The SMILES string of the molecule is Clc1ccccc1C(CI)OCC1CCOC1. The van der Waals surface area contributed by atoms with Gasteiger partial charge in [-0.1, -0.05) is 52.4 Å². The lowest BCUT2D eigenvalue weighted by atomic mass is 10.1. The van der Waals surface area contributed by atoms with Crippen LogP contribution in [0.15, 0.2) is 24.3 Å². The van der Waals surface area contributed by atoms with Crippen LogP contribution in [0.4, 0.5) is 0 Å². The van der Waals surface area contributed by atoms with Crippen molar-refractivity contribution >= 4 is 34.2 Å². The van der Waals surface area contributed by atoms with E-state index in [0.29, 0.717) is 5.92 Å². The molecule has 1 aromatic carbocycles. The highest BCUT2D eigenvalue weighted by Gasteiger charge is 2.19. The van der Waals surface area contributed by atoms with E-state index in [0.717, 1.165) is 41.3 Å². The summed E-state index contributed by atoms with van der Waals surface area (Å²) in [5, 5.41) is 0.789. The maximum absolute atomic E-state index is 6.19. The Bertz CT molecular complexity index is 353. The Morgan fingerprint density at radius 1 is 1.47 bits per heavy atom. The molecule has 0 spiro atoms. The van der Waals surface area contributed by atoms with E-state index in [-0.39, 0.29) is 6.10 Å². The number of alkyl halides is 1. The van der Waals surface area contributed by atoms with E-state index in [9.17, 15) is 0 Å². The molecule has 0 aromatic heterocycles. The Balaban J connectivity index is 1.94. The molecule has 0 saturated carbocycles. The molecule has 2 atom stereocenters. The summed E-state index contributed by atoms with van der Waals surface area (Å²) in [5.41, 5.74) is 1.09. The second-order valence-corrected chi connectivity index (χ2v) is 5.52. The van der Waals surface area contributed by atoms with Crippen molar-refractivity contribution in [3.63, 3.8) is 0 Å². The third-order valence-electron chi connectivity index (χ3n) is 2.95. The zero-order valence-electron chi connectivity index (χ0n) is 9.57. The first kappa shape index (κ1) is 13.6. The van der Waals surface area contributed by atoms with Crippen LogP contribution in [0.3, 0.4) is 0 Å². The minimum Gasteiger partial charge on any atom is -0.381 e. The van der Waals surface area contributed by atoms with Gasteiger partial charge in [0.05, 0.1) is 19.3 Å². The van der Waals surface area contributed by atoms with Crippen molar-refractivity contribution in [1.29, 1.82) is 0 Å². The standard InChI is InChI=1S/C13H16ClIO2/c14-12-4-2-1-3-11(12)13(7-15)17-9-10-5-6-16-8-10/h1-4,10,13H,5-9H2. The molecule has 2 unspecified atom stereocenters. The van der Waals surface area contributed by atoms with Crippen molar-refractivity contribution in [2.75, 3.05) is 24.2 Å². The van der Waals surface area contributed by atoms with Gasteiger partial charge in [0.1, 0.15) is 0 Å². The molecule has 94 valence electrons. The first-order chi connectivity index (χ1) is 8.31. The zero-order valence-corrected chi connectivity index (χ0v) is 12.5. The summed E-state index contributed by atoms with van der Waals surface area (Å²) < 4.78 is 12.2. The molecule has 1 saturated heterocycles. The van der Waals surface area contributed by atoms with Gasteiger partial charge in [-0.05, 0) is 12.5 Å². The fraction of sp³-hybridized carbons (Fsp3) is 0.538. The van der Waals surface area contributed by atoms with Gasteiger partial charge < -0.3 is 9.47 Å². The van der Waals surface area contributed by atoms with Gasteiger partial charge in [-0.25, -0.2) is 0 Å². The smallest absolute Gasteiger partial charge is 0.0928 e. The van der Waals surface area contributed by atoms with E-state index in [4.69, 9.17) is 21.1 Å². The molecular formula is C13H16ClIO2. The molecule has 2 nitrogen and oxygen atoms in total. The second-order valence-electron chi connectivity index (χ2n) is 4.23. The highest BCUT2D eigenvalue weighted by molar-refractivity contribution is 14.1. The van der Waals surface area contributed by atoms with E-state index < -0.39 is 0 Å². The first-order valence-electron chi connectivity index (χ1n) is 5.81. The van der Waals surface area contributed by atoms with Gasteiger partial charge in [0, 0.05) is 27.5 Å². The predicted molar refractivity (Wildman–Crippen MR) is 78.0 cm³/mol. The van der Waals surface area contributed by atoms with E-state index >= 15 is 0 Å². The van der Waals surface area contributed by atoms with E-state index in [2.05, 4.69) is 22.6 Å². The summed E-state index contributed by atoms with van der Waals surface area (Å²) >= 11 is 8.53. The number of hydrogen-bond acceptors (Lipinski definition) is 2. The second kappa shape index (κ2) is 6.92. The van der Waals surface area contributed by atoms with Crippen molar-refractivity contribution in [2.45, 2.75) is 12.5 Å². The van der Waals surface area contributed by atoms with Crippen LogP contribution < -0.4 is 0 Å². The van der Waals surface area contributed by atoms with Crippen molar-refractivity contribution in [3.8, 4) is 0 Å². The normalized spacial score (nSPS) is 21.6. The lowest BCUT2D eigenvalue weighted by molar-refractivity contribution is 0.0402. The summed E-state index contributed by atoms with van der Waals surface area (Å²) in [6, 6.07) is 7.90. The van der Waals surface area contributed by atoms with Gasteiger partial charge in [-0.2, -0.15) is 0 Å². The summed E-state index contributed by atoms with van der Waals surface area (Å²) in [6.07, 6.45) is 1.20. The summed E-state index contributed by atoms with van der Waals surface area (Å²) in [4.78, 5) is 0. The van der Waals surface area contributed by atoms with Crippen LogP contribution in [0.25, 0.3) is 0 Å². The molecule has 0 radical (unpaired) electrons. The molecule has 1 heterocycles. The number of hydrogen-bond donors (Lipinski definition) is 0. The Hall–Kier alpha value is 0.160. The maximum Gasteiger partial charge on any atom is 0.0928 e. The fourth-order valence-corrected chi connectivity index (χ4v) is 2.91. The van der Waals surface area contributed by atoms with Gasteiger partial charge in [0.2, 0.25) is 0 Å². The summed E-state index contributed by atoms with van der Waals surface area (Å²) in [6.45, 7) is 2.46. The molecule has 1 aliphatic rings. The molecule has 2 rings (SSSR count). The predicted octanol–water partition coefficient (Wildman–Crippen LogP) is 3.87. The number of rotatable bonds is 5. The van der Waals surface area contributed by atoms with Crippen LogP contribution in [-0.2, 0) is 9.47 Å². The van der Waals surface area contributed by atoms with Crippen LogP contribution in [0.1, 0.15) is 18.1 Å². The highest BCUT2D eigenvalue weighted by atomic mass is 127. The molecule has 0 N–H and O–H groups in total. The van der Waals surface area contributed by atoms with Crippen molar-refractivity contribution in [3.05, 3.63) is 34.9 Å². The molecule has 0 bridgehead atoms. The Kier molecular flexibility index (Phi) is 5.53. The molecule has 1 aliphatic heterocycles. The van der Waals surface area contributed by atoms with E-state index in [1.54, 1.807) is 0 Å². The molecule has 17 heavy (non-hydrogen) atoms. The Labute approximate surface area is 121 Å². The third-order valence-corrected chi connectivity index (χ3v) is 4.09. The largest absolute Gasteiger partial charge is 0.381 e. The van der Waals surface area contributed by atoms with Gasteiger partial charge in [-0.15, -0.1) is 0 Å². The Morgan fingerprint density at radius 3 is 2.94 bits per heavy atom. The number of halogens is 2. The quantitative estimate of drug-likeness (QED) is 0.582. The van der Waals surface area contributed by atoms with Gasteiger partial charge in [0.25, 0.3) is 0 Å². The van der Waals surface area contributed by atoms with Crippen LogP contribution in [-0.4, -0.2) is 24.2 Å². The van der Waals surface area contributed by atoms with Crippen LogP contribution in [0, 0.1) is 5.92 Å². The fourth-order valence-electron chi connectivity index (χ4n) is 1.92.